The molecule has 0 radical (unpaired) electrons. The fraction of sp³-hybridized carbons (Fsp3) is 0.174. The van der Waals surface area contributed by atoms with Gasteiger partial charge in [-0.2, -0.15) is 0 Å². The van der Waals surface area contributed by atoms with E-state index in [-0.39, 0.29) is 23.7 Å². The molecule has 5 rings (SSSR count). The molecule has 0 fully saturated rings. The number of carbonyl (C=O) groups is 1. The van der Waals surface area contributed by atoms with E-state index in [0.717, 1.165) is 23.2 Å². The van der Waals surface area contributed by atoms with Crippen molar-refractivity contribution in [1.82, 2.24) is 0 Å². The highest BCUT2D eigenvalue weighted by Gasteiger charge is 2.43. The molecule has 3 aromatic carbocycles. The van der Waals surface area contributed by atoms with Gasteiger partial charge in [0.15, 0.2) is 0 Å². The first kappa shape index (κ1) is 16.1. The van der Waals surface area contributed by atoms with Crippen molar-refractivity contribution >= 4 is 11.7 Å². The molecular formula is C23H18FNO2. The molecule has 0 bridgehead atoms. The summed E-state index contributed by atoms with van der Waals surface area (Å²) in [6, 6.07) is 20.4. The predicted octanol–water partition coefficient (Wildman–Crippen LogP) is 4.99. The summed E-state index contributed by atoms with van der Waals surface area (Å²) in [4.78, 5) is 11.5. The molecule has 1 heterocycles. The summed E-state index contributed by atoms with van der Waals surface area (Å²) < 4.78 is 13.4. The van der Waals surface area contributed by atoms with Gasteiger partial charge in [0.05, 0.1) is 11.6 Å². The van der Waals surface area contributed by atoms with Gasteiger partial charge in [0.25, 0.3) is 0 Å². The Morgan fingerprint density at radius 3 is 2.56 bits per heavy atom. The summed E-state index contributed by atoms with van der Waals surface area (Å²) in [5.41, 5.74) is 5.90. The van der Waals surface area contributed by atoms with Gasteiger partial charge in [0.1, 0.15) is 5.82 Å². The number of nitrogens with one attached hydrogen (secondary N) is 1. The molecule has 3 nitrogen and oxygen atoms in total. The molecule has 2 N–H and O–H groups in total. The van der Waals surface area contributed by atoms with E-state index in [1.807, 2.05) is 30.3 Å². The fourth-order valence-corrected chi connectivity index (χ4v) is 4.69. The van der Waals surface area contributed by atoms with Gasteiger partial charge < -0.3 is 10.4 Å². The zero-order valence-corrected chi connectivity index (χ0v) is 14.5. The Balaban J connectivity index is 1.68. The third kappa shape index (κ3) is 2.52. The highest BCUT2D eigenvalue weighted by Crippen LogP contribution is 2.53. The summed E-state index contributed by atoms with van der Waals surface area (Å²) in [7, 11) is 0. The maximum atomic E-state index is 13.4. The number of rotatable bonds is 2. The number of hydrogen-bond acceptors (Lipinski definition) is 2. The zero-order chi connectivity index (χ0) is 18.5. The lowest BCUT2D eigenvalue weighted by Gasteiger charge is -2.38. The first-order chi connectivity index (χ1) is 13.1. The lowest BCUT2D eigenvalue weighted by atomic mass is 9.75. The van der Waals surface area contributed by atoms with E-state index in [1.54, 1.807) is 12.1 Å². The smallest absolute Gasteiger partial charge is 0.335 e. The van der Waals surface area contributed by atoms with Crippen LogP contribution in [0.2, 0.25) is 0 Å². The van der Waals surface area contributed by atoms with Crippen molar-refractivity contribution in [3.8, 4) is 0 Å². The Bertz CT molecular complexity index is 1040. The Hall–Kier alpha value is -3.14. The summed E-state index contributed by atoms with van der Waals surface area (Å²) >= 11 is 0. The molecule has 0 saturated heterocycles. The molecule has 0 unspecified atom stereocenters. The number of carboxylic acids is 1. The van der Waals surface area contributed by atoms with E-state index in [9.17, 15) is 14.3 Å². The van der Waals surface area contributed by atoms with Gasteiger partial charge in [-0.25, -0.2) is 9.18 Å². The van der Waals surface area contributed by atoms with Crippen molar-refractivity contribution in [3.63, 3.8) is 0 Å². The van der Waals surface area contributed by atoms with E-state index in [0.29, 0.717) is 5.56 Å². The van der Waals surface area contributed by atoms with Gasteiger partial charge in [-0.15, -0.1) is 0 Å². The lowest BCUT2D eigenvalue weighted by Crippen LogP contribution is -2.30. The van der Waals surface area contributed by atoms with Crippen LogP contribution in [-0.2, 0) is 6.42 Å². The minimum atomic E-state index is -0.915. The van der Waals surface area contributed by atoms with Crippen molar-refractivity contribution in [2.45, 2.75) is 18.4 Å². The molecule has 3 aromatic rings. The standard InChI is InChI=1S/C23H18FNO2/c24-16-8-5-13(6-9-16)22-19-11-14-3-1-2-4-17(14)21(19)18-12-15(23(26)27)7-10-20(18)25-22/h1-10,12,19,21-22,25H,11H2,(H,26,27)/t19-,21+,22-/m1/s1. The molecule has 1 aliphatic heterocycles. The topological polar surface area (TPSA) is 49.3 Å². The Morgan fingerprint density at radius 1 is 1.00 bits per heavy atom. The molecule has 3 atom stereocenters. The van der Waals surface area contributed by atoms with Crippen molar-refractivity contribution in [1.29, 1.82) is 0 Å². The largest absolute Gasteiger partial charge is 0.478 e. The third-order valence-corrected chi connectivity index (χ3v) is 5.88. The molecular weight excluding hydrogens is 341 g/mol. The Labute approximate surface area is 156 Å². The van der Waals surface area contributed by atoms with E-state index >= 15 is 0 Å². The molecule has 0 aromatic heterocycles. The van der Waals surface area contributed by atoms with E-state index in [1.165, 1.54) is 23.3 Å². The first-order valence-electron chi connectivity index (χ1n) is 9.09. The molecule has 0 amide bonds. The van der Waals surface area contributed by atoms with Crippen LogP contribution in [0.1, 0.15) is 44.6 Å². The zero-order valence-electron chi connectivity index (χ0n) is 14.5. The van der Waals surface area contributed by atoms with Gasteiger partial charge in [0.2, 0.25) is 0 Å². The van der Waals surface area contributed by atoms with Gasteiger partial charge in [-0.3, -0.25) is 0 Å². The lowest BCUT2D eigenvalue weighted by molar-refractivity contribution is 0.0696. The summed E-state index contributed by atoms with van der Waals surface area (Å²) in [6.07, 6.45) is 0.909. The van der Waals surface area contributed by atoms with Crippen molar-refractivity contribution < 1.29 is 14.3 Å². The van der Waals surface area contributed by atoms with Crippen LogP contribution in [0.25, 0.3) is 0 Å². The van der Waals surface area contributed by atoms with Gasteiger partial charge in [-0.1, -0.05) is 36.4 Å². The number of hydrogen-bond donors (Lipinski definition) is 2. The normalized spacial score (nSPS) is 22.3. The maximum Gasteiger partial charge on any atom is 0.335 e. The summed E-state index contributed by atoms with van der Waals surface area (Å²) in [6.45, 7) is 0. The van der Waals surface area contributed by atoms with Crippen LogP contribution in [0.5, 0.6) is 0 Å². The molecule has 0 spiro atoms. The highest BCUT2D eigenvalue weighted by molar-refractivity contribution is 5.89. The molecule has 134 valence electrons. The number of benzene rings is 3. The molecule has 0 saturated carbocycles. The van der Waals surface area contributed by atoms with Gasteiger partial charge in [0, 0.05) is 11.6 Å². The molecule has 4 heteroatoms. The molecule has 1 aliphatic carbocycles. The van der Waals surface area contributed by atoms with Crippen LogP contribution < -0.4 is 5.32 Å². The Morgan fingerprint density at radius 2 is 1.78 bits per heavy atom. The number of carboxylic acid groups (broad SMARTS) is 1. The number of aromatic carboxylic acids is 1. The van der Waals surface area contributed by atoms with Gasteiger partial charge in [-0.05, 0) is 64.9 Å². The van der Waals surface area contributed by atoms with Crippen molar-refractivity contribution in [3.05, 3.63) is 100 Å². The average molecular weight is 359 g/mol. The molecule has 27 heavy (non-hydrogen) atoms. The van der Waals surface area contributed by atoms with Crippen LogP contribution in [0, 0.1) is 11.7 Å². The number of anilines is 1. The summed E-state index contributed by atoms with van der Waals surface area (Å²) in [5.74, 6) is -0.773. The second-order valence-corrected chi connectivity index (χ2v) is 7.33. The number of fused-ring (bicyclic) bond motifs is 5. The van der Waals surface area contributed by atoms with E-state index < -0.39 is 5.97 Å². The summed E-state index contributed by atoms with van der Waals surface area (Å²) in [5, 5.41) is 13.0. The minimum Gasteiger partial charge on any atom is -0.478 e. The van der Waals surface area contributed by atoms with Crippen molar-refractivity contribution in [2.24, 2.45) is 5.92 Å². The highest BCUT2D eigenvalue weighted by atomic mass is 19.1. The average Bonchev–Trinajstić information content (AvgIpc) is 3.07. The second kappa shape index (κ2) is 5.95. The molecule has 2 aliphatic rings. The van der Waals surface area contributed by atoms with Crippen LogP contribution in [0.3, 0.4) is 0 Å². The quantitative estimate of drug-likeness (QED) is 0.677. The third-order valence-electron chi connectivity index (χ3n) is 5.88. The minimum absolute atomic E-state index is 0.0474. The second-order valence-electron chi connectivity index (χ2n) is 7.33. The van der Waals surface area contributed by atoms with Gasteiger partial charge >= 0.3 is 5.97 Å². The van der Waals surface area contributed by atoms with Crippen LogP contribution >= 0.6 is 0 Å². The van der Waals surface area contributed by atoms with Crippen LogP contribution in [-0.4, -0.2) is 11.1 Å². The monoisotopic (exact) mass is 359 g/mol. The van der Waals surface area contributed by atoms with Crippen LogP contribution in [0.4, 0.5) is 10.1 Å². The fourth-order valence-electron chi connectivity index (χ4n) is 4.69. The predicted molar refractivity (Wildman–Crippen MR) is 102 cm³/mol. The SMILES string of the molecule is O=C(O)c1ccc2c(c1)[C@@H]1c3ccccc3C[C@H]1[C@@H](c1ccc(F)cc1)N2. The maximum absolute atomic E-state index is 13.4. The Kier molecular flexibility index (Phi) is 3.54. The van der Waals surface area contributed by atoms with E-state index in [4.69, 9.17) is 0 Å². The van der Waals surface area contributed by atoms with Crippen LogP contribution in [0.15, 0.2) is 66.7 Å². The number of halogens is 1. The first-order valence-corrected chi connectivity index (χ1v) is 9.09. The van der Waals surface area contributed by atoms with Crippen molar-refractivity contribution in [2.75, 3.05) is 5.32 Å². The van der Waals surface area contributed by atoms with E-state index in [2.05, 4.69) is 17.4 Å².